The fourth-order valence-electron chi connectivity index (χ4n) is 2.02. The maximum absolute atomic E-state index is 13.8. The number of para-hydroxylation sites is 1. The minimum Gasteiger partial charge on any atom is -0.508 e. The lowest BCUT2D eigenvalue weighted by atomic mass is 10.1. The molecular formula is C15H15ClFNO. The van der Waals surface area contributed by atoms with Crippen LogP contribution < -0.4 is 4.90 Å². The van der Waals surface area contributed by atoms with Gasteiger partial charge in [0.15, 0.2) is 0 Å². The predicted molar refractivity (Wildman–Crippen MR) is 76.3 cm³/mol. The van der Waals surface area contributed by atoms with Gasteiger partial charge in [-0.25, -0.2) is 4.39 Å². The number of halogens is 2. The van der Waals surface area contributed by atoms with E-state index in [4.69, 9.17) is 11.6 Å². The summed E-state index contributed by atoms with van der Waals surface area (Å²) < 4.78 is 13.8. The third-order valence-electron chi connectivity index (χ3n) is 3.25. The number of hydrogen-bond acceptors (Lipinski definition) is 2. The Bertz CT molecular complexity index is 588. The first-order valence-corrected chi connectivity index (χ1v) is 6.34. The van der Waals surface area contributed by atoms with Crippen LogP contribution in [0, 0.1) is 5.82 Å². The highest BCUT2D eigenvalue weighted by molar-refractivity contribution is 6.30. The van der Waals surface area contributed by atoms with Gasteiger partial charge in [-0.2, -0.15) is 0 Å². The smallest absolute Gasteiger partial charge is 0.146 e. The minimum absolute atomic E-state index is 0.153. The number of phenols is 1. The largest absolute Gasteiger partial charge is 0.508 e. The molecule has 2 aromatic rings. The van der Waals surface area contributed by atoms with Crippen molar-refractivity contribution < 1.29 is 9.50 Å². The summed E-state index contributed by atoms with van der Waals surface area (Å²) in [6.45, 7) is 1.89. The molecule has 0 aliphatic heterocycles. The number of aromatic hydroxyl groups is 1. The van der Waals surface area contributed by atoms with Gasteiger partial charge < -0.3 is 10.0 Å². The van der Waals surface area contributed by atoms with Crippen molar-refractivity contribution in [2.45, 2.75) is 13.0 Å². The Morgan fingerprint density at radius 2 is 1.89 bits per heavy atom. The molecule has 0 radical (unpaired) electrons. The molecular weight excluding hydrogens is 265 g/mol. The van der Waals surface area contributed by atoms with Crippen LogP contribution in [0.5, 0.6) is 5.75 Å². The summed E-state index contributed by atoms with van der Waals surface area (Å²) in [7, 11) is 1.78. The van der Waals surface area contributed by atoms with E-state index in [9.17, 15) is 9.50 Å². The molecule has 4 heteroatoms. The van der Waals surface area contributed by atoms with Gasteiger partial charge in [0.25, 0.3) is 0 Å². The SMILES string of the molecule is CC(c1cc(Cl)ccc1O)N(C)c1ccccc1F. The molecule has 0 fully saturated rings. The van der Waals surface area contributed by atoms with Crippen molar-refractivity contribution in [3.05, 3.63) is 58.9 Å². The Morgan fingerprint density at radius 3 is 2.58 bits per heavy atom. The normalized spacial score (nSPS) is 12.2. The van der Waals surface area contributed by atoms with Gasteiger partial charge in [-0.3, -0.25) is 0 Å². The van der Waals surface area contributed by atoms with Gasteiger partial charge in [-0.15, -0.1) is 0 Å². The fourth-order valence-corrected chi connectivity index (χ4v) is 2.20. The van der Waals surface area contributed by atoms with Gasteiger partial charge in [0, 0.05) is 17.6 Å². The summed E-state index contributed by atoms with van der Waals surface area (Å²) in [4.78, 5) is 1.76. The molecule has 0 aliphatic rings. The maximum Gasteiger partial charge on any atom is 0.146 e. The first kappa shape index (κ1) is 13.7. The molecule has 2 nitrogen and oxygen atoms in total. The zero-order valence-electron chi connectivity index (χ0n) is 10.8. The van der Waals surface area contributed by atoms with E-state index in [0.29, 0.717) is 16.3 Å². The summed E-state index contributed by atoms with van der Waals surface area (Å²) in [5.74, 6) is -0.140. The van der Waals surface area contributed by atoms with Gasteiger partial charge in [0.05, 0.1) is 11.7 Å². The molecule has 0 saturated heterocycles. The molecule has 0 aliphatic carbocycles. The second-order valence-corrected chi connectivity index (χ2v) is 4.88. The molecule has 2 rings (SSSR count). The first-order valence-electron chi connectivity index (χ1n) is 5.96. The molecule has 0 bridgehead atoms. The average molecular weight is 280 g/mol. The summed E-state index contributed by atoms with van der Waals surface area (Å²) in [6, 6.07) is 11.2. The van der Waals surface area contributed by atoms with E-state index in [2.05, 4.69) is 0 Å². The molecule has 1 atom stereocenters. The van der Waals surface area contributed by atoms with E-state index >= 15 is 0 Å². The van der Waals surface area contributed by atoms with Crippen molar-refractivity contribution in [3.8, 4) is 5.75 Å². The Labute approximate surface area is 117 Å². The van der Waals surface area contributed by atoms with Gasteiger partial charge in [-0.1, -0.05) is 23.7 Å². The third-order valence-corrected chi connectivity index (χ3v) is 3.49. The van der Waals surface area contributed by atoms with Crippen LogP contribution in [-0.4, -0.2) is 12.2 Å². The quantitative estimate of drug-likeness (QED) is 0.901. The zero-order chi connectivity index (χ0) is 14.0. The average Bonchev–Trinajstić information content (AvgIpc) is 2.40. The van der Waals surface area contributed by atoms with Crippen molar-refractivity contribution in [1.82, 2.24) is 0 Å². The van der Waals surface area contributed by atoms with Crippen molar-refractivity contribution in [1.29, 1.82) is 0 Å². The van der Waals surface area contributed by atoms with E-state index in [1.165, 1.54) is 6.07 Å². The Balaban J connectivity index is 2.36. The number of rotatable bonds is 3. The number of phenolic OH excluding ortho intramolecular Hbond substituents is 1. The van der Waals surface area contributed by atoms with Crippen LogP contribution in [0.2, 0.25) is 5.02 Å². The van der Waals surface area contributed by atoms with Crippen molar-refractivity contribution in [2.75, 3.05) is 11.9 Å². The van der Waals surface area contributed by atoms with Crippen molar-refractivity contribution in [3.63, 3.8) is 0 Å². The van der Waals surface area contributed by atoms with Crippen LogP contribution in [0.3, 0.4) is 0 Å². The van der Waals surface area contributed by atoms with Crippen LogP contribution >= 0.6 is 11.6 Å². The molecule has 0 amide bonds. The molecule has 100 valence electrons. The summed E-state index contributed by atoms with van der Waals surface area (Å²) >= 11 is 5.94. The van der Waals surface area contributed by atoms with E-state index in [1.54, 1.807) is 48.3 Å². The van der Waals surface area contributed by atoms with E-state index in [-0.39, 0.29) is 17.6 Å². The molecule has 2 aromatic carbocycles. The van der Waals surface area contributed by atoms with Crippen LogP contribution in [0.25, 0.3) is 0 Å². The van der Waals surface area contributed by atoms with Gasteiger partial charge >= 0.3 is 0 Å². The third kappa shape index (κ3) is 2.82. The molecule has 0 aromatic heterocycles. The Hall–Kier alpha value is -1.74. The van der Waals surface area contributed by atoms with E-state index in [1.807, 2.05) is 6.92 Å². The topological polar surface area (TPSA) is 23.5 Å². The summed E-state index contributed by atoms with van der Waals surface area (Å²) in [5, 5.41) is 10.4. The Morgan fingerprint density at radius 1 is 1.21 bits per heavy atom. The molecule has 0 spiro atoms. The molecule has 1 N–H and O–H groups in total. The number of hydrogen-bond donors (Lipinski definition) is 1. The van der Waals surface area contributed by atoms with Gasteiger partial charge in [-0.05, 0) is 37.3 Å². The number of benzene rings is 2. The van der Waals surface area contributed by atoms with Crippen LogP contribution in [0.4, 0.5) is 10.1 Å². The van der Waals surface area contributed by atoms with Crippen LogP contribution in [0.15, 0.2) is 42.5 Å². The Kier molecular flexibility index (Phi) is 3.96. The van der Waals surface area contributed by atoms with Crippen molar-refractivity contribution in [2.24, 2.45) is 0 Å². The van der Waals surface area contributed by atoms with Crippen LogP contribution in [-0.2, 0) is 0 Å². The minimum atomic E-state index is -0.293. The highest BCUT2D eigenvalue weighted by Gasteiger charge is 2.18. The summed E-state index contributed by atoms with van der Waals surface area (Å²) in [6.07, 6.45) is 0. The van der Waals surface area contributed by atoms with Gasteiger partial charge in [0.2, 0.25) is 0 Å². The molecule has 1 unspecified atom stereocenters. The monoisotopic (exact) mass is 279 g/mol. The molecule has 0 heterocycles. The second kappa shape index (κ2) is 5.49. The fraction of sp³-hybridized carbons (Fsp3) is 0.200. The molecule has 0 saturated carbocycles. The highest BCUT2D eigenvalue weighted by atomic mass is 35.5. The standard InChI is InChI=1S/C15H15ClFNO/c1-10(12-9-11(16)7-8-15(12)19)18(2)14-6-4-3-5-13(14)17/h3-10,19H,1-2H3. The van der Waals surface area contributed by atoms with E-state index in [0.717, 1.165) is 0 Å². The van der Waals surface area contributed by atoms with E-state index < -0.39 is 0 Å². The number of nitrogens with zero attached hydrogens (tertiary/aromatic N) is 1. The second-order valence-electron chi connectivity index (χ2n) is 4.44. The van der Waals surface area contributed by atoms with Gasteiger partial charge in [0.1, 0.15) is 11.6 Å². The number of anilines is 1. The lowest BCUT2D eigenvalue weighted by molar-refractivity contribution is 0.462. The maximum atomic E-state index is 13.8. The van der Waals surface area contributed by atoms with Crippen LogP contribution in [0.1, 0.15) is 18.5 Å². The summed E-state index contributed by atoms with van der Waals surface area (Å²) in [5.41, 5.74) is 1.15. The predicted octanol–water partition coefficient (Wildman–Crippen LogP) is 4.38. The zero-order valence-corrected chi connectivity index (χ0v) is 11.5. The lowest BCUT2D eigenvalue weighted by Gasteiger charge is -2.28. The van der Waals surface area contributed by atoms with Crippen molar-refractivity contribution >= 4 is 17.3 Å². The lowest BCUT2D eigenvalue weighted by Crippen LogP contribution is -2.22. The first-order chi connectivity index (χ1) is 9.00. The molecule has 19 heavy (non-hydrogen) atoms. The highest BCUT2D eigenvalue weighted by Crippen LogP contribution is 2.33.